The second-order valence-corrected chi connectivity index (χ2v) is 6.00. The molecule has 0 saturated heterocycles. The zero-order valence-electron chi connectivity index (χ0n) is 12.2. The molecule has 22 heavy (non-hydrogen) atoms. The van der Waals surface area contributed by atoms with Crippen molar-refractivity contribution in [3.8, 4) is 0 Å². The van der Waals surface area contributed by atoms with Gasteiger partial charge in [-0.05, 0) is 42.3 Å². The minimum atomic E-state index is -0.369. The SMILES string of the molecule is C[C@H]1Nc2cc(/C=C/c3c(F)cccc3Cl)ccc2C[C@@H]1O. The number of fused-ring (bicyclic) bond motifs is 1. The molecule has 3 rings (SSSR count). The average Bonchev–Trinajstić information content (AvgIpc) is 2.48. The molecule has 0 aliphatic carbocycles. The Labute approximate surface area is 134 Å². The molecular weight excluding hydrogens is 301 g/mol. The van der Waals surface area contributed by atoms with Crippen LogP contribution in [0.25, 0.3) is 12.2 Å². The lowest BCUT2D eigenvalue weighted by atomic mass is 9.95. The maximum Gasteiger partial charge on any atom is 0.131 e. The Kier molecular flexibility index (Phi) is 4.19. The first-order valence-electron chi connectivity index (χ1n) is 7.24. The second-order valence-electron chi connectivity index (χ2n) is 5.59. The van der Waals surface area contributed by atoms with Gasteiger partial charge in [-0.3, -0.25) is 0 Å². The molecule has 2 atom stereocenters. The van der Waals surface area contributed by atoms with Crippen LogP contribution in [0.5, 0.6) is 0 Å². The van der Waals surface area contributed by atoms with Crippen LogP contribution in [0.15, 0.2) is 36.4 Å². The Morgan fingerprint density at radius 1 is 1.27 bits per heavy atom. The number of rotatable bonds is 2. The molecule has 0 bridgehead atoms. The van der Waals surface area contributed by atoms with Gasteiger partial charge in [-0.2, -0.15) is 0 Å². The van der Waals surface area contributed by atoms with Gasteiger partial charge in [0.15, 0.2) is 0 Å². The van der Waals surface area contributed by atoms with Crippen LogP contribution in [0.2, 0.25) is 5.02 Å². The smallest absolute Gasteiger partial charge is 0.131 e. The van der Waals surface area contributed by atoms with Crippen molar-refractivity contribution in [3.05, 3.63) is 63.9 Å². The fraction of sp³-hybridized carbons (Fsp3) is 0.222. The molecule has 0 fully saturated rings. The molecule has 2 aromatic rings. The summed E-state index contributed by atoms with van der Waals surface area (Å²) in [6.45, 7) is 1.95. The highest BCUT2D eigenvalue weighted by Crippen LogP contribution is 2.27. The van der Waals surface area contributed by atoms with Gasteiger partial charge in [0.2, 0.25) is 0 Å². The summed E-state index contributed by atoms with van der Waals surface area (Å²) < 4.78 is 13.7. The van der Waals surface area contributed by atoms with E-state index in [0.717, 1.165) is 16.8 Å². The first kappa shape index (κ1) is 15.1. The Bertz CT molecular complexity index is 709. The van der Waals surface area contributed by atoms with Crippen LogP contribution < -0.4 is 5.32 Å². The normalized spacial score (nSPS) is 20.7. The van der Waals surface area contributed by atoms with Crippen LogP contribution in [0, 0.1) is 5.82 Å². The van der Waals surface area contributed by atoms with Crippen molar-refractivity contribution in [2.75, 3.05) is 5.32 Å². The minimum Gasteiger partial charge on any atom is -0.391 e. The zero-order chi connectivity index (χ0) is 15.7. The molecule has 0 unspecified atom stereocenters. The highest BCUT2D eigenvalue weighted by atomic mass is 35.5. The Morgan fingerprint density at radius 3 is 2.86 bits per heavy atom. The summed E-state index contributed by atoms with van der Waals surface area (Å²) in [6.07, 6.45) is 3.79. The minimum absolute atomic E-state index is 0.0211. The molecule has 1 aliphatic rings. The van der Waals surface area contributed by atoms with Crippen LogP contribution >= 0.6 is 11.6 Å². The Morgan fingerprint density at radius 2 is 2.09 bits per heavy atom. The van der Waals surface area contributed by atoms with Gasteiger partial charge >= 0.3 is 0 Å². The lowest BCUT2D eigenvalue weighted by Crippen LogP contribution is -2.36. The Hall–Kier alpha value is -1.84. The lowest BCUT2D eigenvalue weighted by Gasteiger charge is -2.29. The van der Waals surface area contributed by atoms with E-state index in [1.807, 2.05) is 31.2 Å². The molecule has 1 aliphatic heterocycles. The van der Waals surface area contributed by atoms with Crippen molar-refractivity contribution in [1.82, 2.24) is 0 Å². The fourth-order valence-corrected chi connectivity index (χ4v) is 2.83. The van der Waals surface area contributed by atoms with Gasteiger partial charge in [0.25, 0.3) is 0 Å². The van der Waals surface area contributed by atoms with Gasteiger partial charge in [-0.1, -0.05) is 35.9 Å². The maximum atomic E-state index is 13.7. The topological polar surface area (TPSA) is 32.3 Å². The van der Waals surface area contributed by atoms with E-state index in [1.165, 1.54) is 6.07 Å². The van der Waals surface area contributed by atoms with Gasteiger partial charge in [-0.25, -0.2) is 4.39 Å². The first-order chi connectivity index (χ1) is 10.5. The van der Waals surface area contributed by atoms with Crippen molar-refractivity contribution in [2.45, 2.75) is 25.5 Å². The van der Waals surface area contributed by atoms with Crippen LogP contribution in [-0.4, -0.2) is 17.3 Å². The third-order valence-electron chi connectivity index (χ3n) is 3.97. The van der Waals surface area contributed by atoms with Crippen molar-refractivity contribution < 1.29 is 9.50 Å². The number of nitrogens with one attached hydrogen (secondary N) is 1. The van der Waals surface area contributed by atoms with Crippen LogP contribution in [0.3, 0.4) is 0 Å². The molecular formula is C18H17ClFNO. The van der Waals surface area contributed by atoms with E-state index in [-0.39, 0.29) is 18.0 Å². The quantitative estimate of drug-likeness (QED) is 0.806. The fourth-order valence-electron chi connectivity index (χ4n) is 2.60. The van der Waals surface area contributed by atoms with E-state index >= 15 is 0 Å². The maximum absolute atomic E-state index is 13.7. The van der Waals surface area contributed by atoms with Crippen LogP contribution in [0.1, 0.15) is 23.6 Å². The predicted octanol–water partition coefficient (Wildman–Crippen LogP) is 4.37. The summed E-state index contributed by atoms with van der Waals surface area (Å²) in [5.41, 5.74) is 3.44. The van der Waals surface area contributed by atoms with Crippen LogP contribution in [-0.2, 0) is 6.42 Å². The lowest BCUT2D eigenvalue weighted by molar-refractivity contribution is 0.154. The van der Waals surface area contributed by atoms with E-state index in [0.29, 0.717) is 17.0 Å². The molecule has 0 radical (unpaired) electrons. The number of benzene rings is 2. The summed E-state index contributed by atoms with van der Waals surface area (Å²) in [7, 11) is 0. The average molecular weight is 318 g/mol. The van der Waals surface area contributed by atoms with Crippen molar-refractivity contribution in [1.29, 1.82) is 0 Å². The van der Waals surface area contributed by atoms with E-state index < -0.39 is 0 Å². The molecule has 4 heteroatoms. The highest BCUT2D eigenvalue weighted by molar-refractivity contribution is 6.32. The Balaban J connectivity index is 1.88. The van der Waals surface area contributed by atoms with Crippen molar-refractivity contribution >= 4 is 29.4 Å². The summed E-state index contributed by atoms with van der Waals surface area (Å²) >= 11 is 6.01. The number of hydrogen-bond donors (Lipinski definition) is 2. The van der Waals surface area contributed by atoms with Gasteiger partial charge in [0, 0.05) is 23.7 Å². The first-order valence-corrected chi connectivity index (χ1v) is 7.62. The van der Waals surface area contributed by atoms with Gasteiger partial charge in [0.05, 0.1) is 11.1 Å². The highest BCUT2D eigenvalue weighted by Gasteiger charge is 2.22. The molecule has 0 saturated carbocycles. The number of halogens is 2. The van der Waals surface area contributed by atoms with Gasteiger partial charge in [-0.15, -0.1) is 0 Å². The van der Waals surface area contributed by atoms with Crippen molar-refractivity contribution in [3.63, 3.8) is 0 Å². The summed E-state index contributed by atoms with van der Waals surface area (Å²) in [6, 6.07) is 10.6. The summed E-state index contributed by atoms with van der Waals surface area (Å²) in [4.78, 5) is 0. The summed E-state index contributed by atoms with van der Waals surface area (Å²) in [5.74, 6) is -0.337. The monoisotopic (exact) mass is 317 g/mol. The van der Waals surface area contributed by atoms with Gasteiger partial charge < -0.3 is 10.4 Å². The predicted molar refractivity (Wildman–Crippen MR) is 89.6 cm³/mol. The largest absolute Gasteiger partial charge is 0.391 e. The van der Waals surface area contributed by atoms with Crippen molar-refractivity contribution in [2.24, 2.45) is 0 Å². The zero-order valence-corrected chi connectivity index (χ0v) is 12.9. The van der Waals surface area contributed by atoms with E-state index in [9.17, 15) is 9.50 Å². The molecule has 0 aromatic heterocycles. The summed E-state index contributed by atoms with van der Waals surface area (Å²) in [5, 5.41) is 13.6. The molecule has 114 valence electrons. The molecule has 0 spiro atoms. The molecule has 0 amide bonds. The molecule has 1 heterocycles. The van der Waals surface area contributed by atoms with Gasteiger partial charge in [0.1, 0.15) is 5.82 Å². The number of aliphatic hydroxyl groups excluding tert-OH is 1. The van der Waals surface area contributed by atoms with E-state index in [1.54, 1.807) is 18.2 Å². The molecule has 2 nitrogen and oxygen atoms in total. The number of hydrogen-bond acceptors (Lipinski definition) is 2. The third-order valence-corrected chi connectivity index (χ3v) is 4.30. The number of anilines is 1. The van der Waals surface area contributed by atoms with E-state index in [4.69, 9.17) is 11.6 Å². The standard InChI is InChI=1S/C18H17ClFNO/c1-11-18(22)10-13-7-5-12(9-17(13)21-11)6-8-14-15(19)3-2-4-16(14)20/h2-9,11,18,21-22H,10H2,1H3/b8-6+/t11-,18+/m1/s1. The second kappa shape index (κ2) is 6.11. The van der Waals surface area contributed by atoms with E-state index in [2.05, 4.69) is 5.32 Å². The number of aliphatic hydroxyl groups is 1. The van der Waals surface area contributed by atoms with Crippen LogP contribution in [0.4, 0.5) is 10.1 Å². The third kappa shape index (κ3) is 3.01. The molecule has 2 N–H and O–H groups in total. The molecule has 2 aromatic carbocycles.